The van der Waals surface area contributed by atoms with E-state index in [-0.39, 0.29) is 5.82 Å². The van der Waals surface area contributed by atoms with Gasteiger partial charge in [0.1, 0.15) is 5.75 Å². The molecule has 0 atom stereocenters. The monoisotopic (exact) mass is 258 g/mol. The number of hydrogen-bond donors (Lipinski definition) is 1. The molecule has 0 saturated heterocycles. The molecular formula is C14H14N2O3. The average Bonchev–Trinajstić information content (AvgIpc) is 2.37. The number of carboxylic acids is 1. The lowest BCUT2D eigenvalue weighted by Crippen LogP contribution is -2.06. The number of aromatic carboxylic acids is 1. The maximum atomic E-state index is 11.0. The van der Waals surface area contributed by atoms with Crippen LogP contribution in [0.15, 0.2) is 24.3 Å². The fourth-order valence-corrected chi connectivity index (χ4v) is 1.82. The van der Waals surface area contributed by atoms with Crippen LogP contribution in [0.1, 0.15) is 21.9 Å². The van der Waals surface area contributed by atoms with E-state index in [0.717, 1.165) is 11.1 Å². The smallest absolute Gasteiger partial charge is 0.373 e. The summed E-state index contributed by atoms with van der Waals surface area (Å²) in [5.41, 5.74) is 2.95. The molecule has 0 bridgehead atoms. The summed E-state index contributed by atoms with van der Waals surface area (Å²) in [6.45, 7) is 3.69. The molecule has 2 aromatic rings. The number of hydrogen-bond acceptors (Lipinski definition) is 4. The maximum Gasteiger partial charge on any atom is 0.373 e. The molecular weight excluding hydrogens is 244 g/mol. The zero-order chi connectivity index (χ0) is 14.0. The highest BCUT2D eigenvalue weighted by Gasteiger charge is 2.13. The summed E-state index contributed by atoms with van der Waals surface area (Å²) in [7, 11) is 1.57. The Morgan fingerprint density at radius 1 is 1.21 bits per heavy atom. The van der Waals surface area contributed by atoms with Gasteiger partial charge >= 0.3 is 5.97 Å². The van der Waals surface area contributed by atoms with Crippen LogP contribution in [-0.4, -0.2) is 28.2 Å². The Bertz CT molecular complexity index is 639. The van der Waals surface area contributed by atoms with Crippen LogP contribution < -0.4 is 4.74 Å². The van der Waals surface area contributed by atoms with E-state index in [4.69, 9.17) is 9.84 Å². The fourth-order valence-electron chi connectivity index (χ4n) is 1.82. The molecule has 0 aliphatic carbocycles. The molecule has 98 valence electrons. The molecule has 1 N–H and O–H groups in total. The summed E-state index contributed by atoms with van der Waals surface area (Å²) in [5, 5.41) is 9.01. The molecule has 0 fully saturated rings. The van der Waals surface area contributed by atoms with Gasteiger partial charge in [0.05, 0.1) is 12.8 Å². The molecule has 0 unspecified atom stereocenters. The second-order valence-corrected chi connectivity index (χ2v) is 4.23. The zero-order valence-electron chi connectivity index (χ0n) is 11.0. The Morgan fingerprint density at radius 3 is 2.58 bits per heavy atom. The Kier molecular flexibility index (Phi) is 3.46. The number of benzene rings is 1. The number of rotatable bonds is 3. The third kappa shape index (κ3) is 2.70. The largest absolute Gasteiger partial charge is 0.496 e. The van der Waals surface area contributed by atoms with Crippen molar-refractivity contribution in [2.24, 2.45) is 0 Å². The first kappa shape index (κ1) is 13.0. The first-order chi connectivity index (χ1) is 9.01. The van der Waals surface area contributed by atoms with E-state index >= 15 is 0 Å². The molecule has 0 radical (unpaired) electrons. The van der Waals surface area contributed by atoms with Gasteiger partial charge in [0, 0.05) is 11.3 Å². The predicted octanol–water partition coefficient (Wildman–Crippen LogP) is 2.47. The fraction of sp³-hybridized carbons (Fsp3) is 0.214. The first-order valence-corrected chi connectivity index (χ1v) is 5.75. The van der Waals surface area contributed by atoms with Crippen LogP contribution in [0.5, 0.6) is 5.75 Å². The highest BCUT2D eigenvalue weighted by Crippen LogP contribution is 2.29. The van der Waals surface area contributed by atoms with Gasteiger partial charge in [-0.15, -0.1) is 0 Å². The van der Waals surface area contributed by atoms with Crippen molar-refractivity contribution < 1.29 is 14.6 Å². The van der Waals surface area contributed by atoms with Crippen molar-refractivity contribution >= 4 is 5.97 Å². The standard InChI is InChI=1S/C14H14N2O3/c1-8-4-5-12(19-3)10(6-8)11-7-9(2)15-13(16-11)14(17)18/h4-7H,1-3H3,(H,17,18). The van der Waals surface area contributed by atoms with Crippen LogP contribution >= 0.6 is 0 Å². The van der Waals surface area contributed by atoms with Gasteiger partial charge in [-0.2, -0.15) is 0 Å². The van der Waals surface area contributed by atoms with E-state index in [1.807, 2.05) is 25.1 Å². The molecule has 1 aromatic heterocycles. The minimum Gasteiger partial charge on any atom is -0.496 e. The van der Waals surface area contributed by atoms with Crippen LogP contribution in [0.3, 0.4) is 0 Å². The summed E-state index contributed by atoms with van der Waals surface area (Å²) in [6, 6.07) is 7.41. The SMILES string of the molecule is COc1ccc(C)cc1-c1cc(C)nc(C(=O)O)n1. The first-order valence-electron chi connectivity index (χ1n) is 5.75. The number of nitrogens with zero attached hydrogens (tertiary/aromatic N) is 2. The molecule has 5 nitrogen and oxygen atoms in total. The molecule has 2 rings (SSSR count). The van der Waals surface area contributed by atoms with Crippen LogP contribution in [0.25, 0.3) is 11.3 Å². The second-order valence-electron chi connectivity index (χ2n) is 4.23. The second kappa shape index (κ2) is 5.06. The lowest BCUT2D eigenvalue weighted by Gasteiger charge is -2.10. The van der Waals surface area contributed by atoms with Gasteiger partial charge in [-0.3, -0.25) is 0 Å². The molecule has 0 spiro atoms. The number of aryl methyl sites for hydroxylation is 2. The van der Waals surface area contributed by atoms with Crippen LogP contribution in [0.2, 0.25) is 0 Å². The highest BCUT2D eigenvalue weighted by atomic mass is 16.5. The number of ether oxygens (including phenoxy) is 1. The van der Waals surface area contributed by atoms with Gasteiger partial charge in [-0.1, -0.05) is 11.6 Å². The van der Waals surface area contributed by atoms with Gasteiger partial charge in [0.2, 0.25) is 5.82 Å². The highest BCUT2D eigenvalue weighted by molar-refractivity contribution is 5.84. The molecule has 19 heavy (non-hydrogen) atoms. The van der Waals surface area contributed by atoms with E-state index in [1.54, 1.807) is 20.1 Å². The number of methoxy groups -OCH3 is 1. The van der Waals surface area contributed by atoms with Crippen molar-refractivity contribution in [2.75, 3.05) is 7.11 Å². The van der Waals surface area contributed by atoms with Gasteiger partial charge in [0.25, 0.3) is 0 Å². The zero-order valence-corrected chi connectivity index (χ0v) is 11.0. The predicted molar refractivity (Wildman–Crippen MR) is 70.5 cm³/mol. The molecule has 1 heterocycles. The van der Waals surface area contributed by atoms with E-state index in [1.165, 1.54) is 0 Å². The van der Waals surface area contributed by atoms with E-state index in [2.05, 4.69) is 9.97 Å². The van der Waals surface area contributed by atoms with E-state index in [0.29, 0.717) is 17.1 Å². The lowest BCUT2D eigenvalue weighted by molar-refractivity contribution is 0.0683. The Morgan fingerprint density at radius 2 is 1.95 bits per heavy atom. The van der Waals surface area contributed by atoms with Gasteiger partial charge in [0.15, 0.2) is 0 Å². The average molecular weight is 258 g/mol. The van der Waals surface area contributed by atoms with Gasteiger partial charge in [-0.25, -0.2) is 14.8 Å². The number of aromatic nitrogens is 2. The van der Waals surface area contributed by atoms with Crippen molar-refractivity contribution in [3.05, 3.63) is 41.3 Å². The minimum absolute atomic E-state index is 0.210. The topological polar surface area (TPSA) is 72.3 Å². The van der Waals surface area contributed by atoms with Crippen molar-refractivity contribution in [2.45, 2.75) is 13.8 Å². The summed E-state index contributed by atoms with van der Waals surface area (Å²) in [4.78, 5) is 18.9. The quantitative estimate of drug-likeness (QED) is 0.915. The van der Waals surface area contributed by atoms with Crippen molar-refractivity contribution in [3.8, 4) is 17.0 Å². The van der Waals surface area contributed by atoms with E-state index in [9.17, 15) is 4.79 Å². The van der Waals surface area contributed by atoms with Crippen LogP contribution in [-0.2, 0) is 0 Å². The van der Waals surface area contributed by atoms with Crippen LogP contribution in [0, 0.1) is 13.8 Å². The lowest BCUT2D eigenvalue weighted by atomic mass is 10.1. The normalized spacial score (nSPS) is 10.3. The van der Waals surface area contributed by atoms with Crippen LogP contribution in [0.4, 0.5) is 0 Å². The van der Waals surface area contributed by atoms with Gasteiger partial charge < -0.3 is 9.84 Å². The Hall–Kier alpha value is -2.43. The summed E-state index contributed by atoms with van der Waals surface area (Å²) in [5.74, 6) is -0.699. The van der Waals surface area contributed by atoms with Crippen molar-refractivity contribution in [1.82, 2.24) is 9.97 Å². The Labute approximate surface area is 110 Å². The summed E-state index contributed by atoms with van der Waals surface area (Å²) < 4.78 is 5.29. The molecule has 1 aromatic carbocycles. The number of carbonyl (C=O) groups is 1. The summed E-state index contributed by atoms with van der Waals surface area (Å²) in [6.07, 6.45) is 0. The van der Waals surface area contributed by atoms with Crippen molar-refractivity contribution in [3.63, 3.8) is 0 Å². The van der Waals surface area contributed by atoms with E-state index < -0.39 is 5.97 Å². The molecule has 0 amide bonds. The number of carboxylic acid groups (broad SMARTS) is 1. The molecule has 5 heteroatoms. The third-order valence-corrected chi connectivity index (χ3v) is 2.68. The minimum atomic E-state index is -1.14. The van der Waals surface area contributed by atoms with Gasteiger partial charge in [-0.05, 0) is 32.0 Å². The third-order valence-electron chi connectivity index (χ3n) is 2.68. The maximum absolute atomic E-state index is 11.0. The Balaban J connectivity index is 2.64. The van der Waals surface area contributed by atoms with Crippen molar-refractivity contribution in [1.29, 1.82) is 0 Å². The molecule has 0 aliphatic heterocycles. The summed E-state index contributed by atoms with van der Waals surface area (Å²) >= 11 is 0. The molecule has 0 saturated carbocycles. The molecule has 0 aliphatic rings.